The summed E-state index contributed by atoms with van der Waals surface area (Å²) in [5.41, 5.74) is 0.198. The van der Waals surface area contributed by atoms with E-state index in [0.29, 0.717) is 33.5 Å². The average Bonchev–Trinajstić information content (AvgIpc) is 3.54. The fourth-order valence-corrected chi connectivity index (χ4v) is 5.23. The van der Waals surface area contributed by atoms with E-state index in [4.69, 9.17) is 23.2 Å². The number of hydrogen-bond donors (Lipinski definition) is 1. The lowest BCUT2D eigenvalue weighted by atomic mass is 9.96. The van der Waals surface area contributed by atoms with Gasteiger partial charge < -0.3 is 9.88 Å². The van der Waals surface area contributed by atoms with Gasteiger partial charge in [-0.2, -0.15) is 21.1 Å². The Labute approximate surface area is 219 Å². The predicted molar refractivity (Wildman–Crippen MR) is 142 cm³/mol. The van der Waals surface area contributed by atoms with Crippen molar-refractivity contribution < 1.29 is 9.59 Å². The highest BCUT2D eigenvalue weighted by Gasteiger charge is 2.27. The minimum absolute atomic E-state index is 0.122. The molecule has 4 rings (SSSR count). The first kappa shape index (κ1) is 25.4. The van der Waals surface area contributed by atoms with Gasteiger partial charge in [0.15, 0.2) is 5.78 Å². The number of anilines is 1. The standard InChI is InChI=1S/C24H22Cl2N4O3S2/c1-24(2,3)23(33)30-21(27-10-15-4-5-20(26)35-15)9-18(28-30)16-8-22(32)29(11-17(16)25)12-19(31)14-6-7-34-13-14/h4-9,11,13,27H,10,12H2,1-3H3. The van der Waals surface area contributed by atoms with Crippen LogP contribution in [0.3, 0.4) is 0 Å². The third-order valence-electron chi connectivity index (χ3n) is 5.13. The molecule has 0 aliphatic carbocycles. The summed E-state index contributed by atoms with van der Waals surface area (Å²) in [6, 6.07) is 8.44. The van der Waals surface area contributed by atoms with Crippen molar-refractivity contribution in [1.82, 2.24) is 14.3 Å². The highest BCUT2D eigenvalue weighted by atomic mass is 35.5. The lowest BCUT2D eigenvalue weighted by Gasteiger charge is -2.18. The van der Waals surface area contributed by atoms with Crippen LogP contribution >= 0.6 is 45.9 Å². The van der Waals surface area contributed by atoms with Crippen molar-refractivity contribution in [3.05, 3.63) is 77.4 Å². The van der Waals surface area contributed by atoms with Crippen molar-refractivity contribution >= 4 is 63.4 Å². The van der Waals surface area contributed by atoms with Crippen LogP contribution in [0.1, 0.15) is 40.8 Å². The molecule has 0 radical (unpaired) electrons. The smallest absolute Gasteiger partial charge is 0.254 e. The van der Waals surface area contributed by atoms with Crippen molar-refractivity contribution in [1.29, 1.82) is 0 Å². The van der Waals surface area contributed by atoms with Crippen molar-refractivity contribution in [2.45, 2.75) is 33.9 Å². The first-order valence-corrected chi connectivity index (χ1v) is 13.1. The predicted octanol–water partition coefficient (Wildman–Crippen LogP) is 6.32. The SMILES string of the molecule is CC(C)(C)C(=O)n1nc(-c2cc(=O)n(CC(=O)c3ccsc3)cc2Cl)cc1NCc1ccc(Cl)s1. The first-order chi connectivity index (χ1) is 16.5. The van der Waals surface area contributed by atoms with Crippen molar-refractivity contribution in [3.8, 4) is 11.3 Å². The number of hydrogen-bond acceptors (Lipinski definition) is 7. The van der Waals surface area contributed by atoms with Gasteiger partial charge in [0, 0.05) is 45.1 Å². The van der Waals surface area contributed by atoms with Crippen LogP contribution in [0.15, 0.2) is 52.1 Å². The Balaban J connectivity index is 1.67. The van der Waals surface area contributed by atoms with E-state index in [2.05, 4.69) is 10.4 Å². The van der Waals surface area contributed by atoms with Crippen LogP contribution < -0.4 is 10.9 Å². The molecule has 0 unspecified atom stereocenters. The molecule has 4 aromatic rings. The van der Waals surface area contributed by atoms with Gasteiger partial charge in [0.2, 0.25) is 0 Å². The summed E-state index contributed by atoms with van der Waals surface area (Å²) < 4.78 is 3.24. The zero-order chi connectivity index (χ0) is 25.3. The zero-order valence-corrected chi connectivity index (χ0v) is 22.3. The molecule has 4 aromatic heterocycles. The second kappa shape index (κ2) is 10.1. The van der Waals surface area contributed by atoms with Gasteiger partial charge in [-0.3, -0.25) is 14.4 Å². The molecule has 4 heterocycles. The molecule has 7 nitrogen and oxygen atoms in total. The largest absolute Gasteiger partial charge is 0.365 e. The summed E-state index contributed by atoms with van der Waals surface area (Å²) in [5, 5.41) is 11.5. The van der Waals surface area contributed by atoms with Crippen LogP contribution in [0.5, 0.6) is 0 Å². The maximum absolute atomic E-state index is 13.1. The van der Waals surface area contributed by atoms with Gasteiger partial charge in [-0.1, -0.05) is 44.0 Å². The van der Waals surface area contributed by atoms with Crippen LogP contribution in [-0.4, -0.2) is 26.0 Å². The molecule has 182 valence electrons. The van der Waals surface area contributed by atoms with E-state index in [9.17, 15) is 14.4 Å². The number of nitrogens with one attached hydrogen (secondary N) is 1. The highest BCUT2D eigenvalue weighted by molar-refractivity contribution is 7.16. The summed E-state index contributed by atoms with van der Waals surface area (Å²) in [6.45, 7) is 5.73. The lowest BCUT2D eigenvalue weighted by Crippen LogP contribution is -2.28. The number of pyridine rings is 1. The summed E-state index contributed by atoms with van der Waals surface area (Å²) in [7, 11) is 0. The number of rotatable bonds is 7. The van der Waals surface area contributed by atoms with E-state index in [1.807, 2.05) is 12.1 Å². The normalized spacial score (nSPS) is 11.6. The molecule has 0 fully saturated rings. The Kier molecular flexibility index (Phi) is 7.32. The molecular weight excluding hydrogens is 527 g/mol. The van der Waals surface area contributed by atoms with Crippen molar-refractivity contribution in [2.24, 2.45) is 5.41 Å². The Morgan fingerprint density at radius 2 is 1.91 bits per heavy atom. The number of thiophene rings is 2. The zero-order valence-electron chi connectivity index (χ0n) is 19.2. The molecule has 0 aliphatic rings. The Hall–Kier alpha value is -2.72. The molecule has 0 spiro atoms. The molecule has 0 atom stereocenters. The van der Waals surface area contributed by atoms with E-state index in [1.165, 1.54) is 44.2 Å². The number of carbonyl (C=O) groups is 2. The van der Waals surface area contributed by atoms with Crippen LogP contribution in [0, 0.1) is 5.41 Å². The number of carbonyl (C=O) groups excluding carboxylic acids is 2. The quantitative estimate of drug-likeness (QED) is 0.273. The van der Waals surface area contributed by atoms with Gasteiger partial charge in [-0.05, 0) is 23.6 Å². The molecule has 0 aliphatic heterocycles. The van der Waals surface area contributed by atoms with E-state index in [1.54, 1.807) is 43.7 Å². The van der Waals surface area contributed by atoms with Gasteiger partial charge in [-0.25, -0.2) is 0 Å². The van der Waals surface area contributed by atoms with Crippen molar-refractivity contribution in [2.75, 3.05) is 5.32 Å². The molecule has 11 heteroatoms. The summed E-state index contributed by atoms with van der Waals surface area (Å²) >= 11 is 15.4. The molecule has 35 heavy (non-hydrogen) atoms. The maximum Gasteiger partial charge on any atom is 0.254 e. The number of halogens is 2. The number of aromatic nitrogens is 3. The van der Waals surface area contributed by atoms with Crippen LogP contribution in [0.2, 0.25) is 9.36 Å². The van der Waals surface area contributed by atoms with E-state index < -0.39 is 11.0 Å². The fourth-order valence-electron chi connectivity index (χ4n) is 3.27. The second-order valence-electron chi connectivity index (χ2n) is 8.88. The third kappa shape index (κ3) is 5.75. The van der Waals surface area contributed by atoms with Crippen LogP contribution in [0.4, 0.5) is 5.82 Å². The average molecular weight is 550 g/mol. The van der Waals surface area contributed by atoms with E-state index in [-0.39, 0.29) is 23.3 Å². The first-order valence-electron chi connectivity index (χ1n) is 10.6. The summed E-state index contributed by atoms with van der Waals surface area (Å²) in [6.07, 6.45) is 1.43. The molecule has 0 bridgehead atoms. The van der Waals surface area contributed by atoms with E-state index >= 15 is 0 Å². The van der Waals surface area contributed by atoms with Gasteiger partial charge in [-0.15, -0.1) is 11.3 Å². The van der Waals surface area contributed by atoms with Crippen LogP contribution in [-0.2, 0) is 13.1 Å². The Bertz CT molecular complexity index is 1450. The topological polar surface area (TPSA) is 86.0 Å². The monoisotopic (exact) mass is 548 g/mol. The van der Waals surface area contributed by atoms with Gasteiger partial charge in [0.25, 0.3) is 11.5 Å². The fraction of sp³-hybridized carbons (Fsp3) is 0.250. The van der Waals surface area contributed by atoms with E-state index in [0.717, 1.165) is 4.88 Å². The summed E-state index contributed by atoms with van der Waals surface area (Å²) in [5.74, 6) is 0.0657. The maximum atomic E-state index is 13.1. The second-order valence-corrected chi connectivity index (χ2v) is 11.9. The molecule has 0 saturated heterocycles. The minimum Gasteiger partial charge on any atom is -0.365 e. The Morgan fingerprint density at radius 1 is 1.14 bits per heavy atom. The van der Waals surface area contributed by atoms with Gasteiger partial charge in [0.05, 0.1) is 28.1 Å². The molecule has 0 aromatic carbocycles. The number of Topliss-reactive ketones (excluding diaryl/α,β-unsaturated/α-hetero) is 1. The van der Waals surface area contributed by atoms with Gasteiger partial charge in [0.1, 0.15) is 5.82 Å². The third-order valence-corrected chi connectivity index (χ3v) is 7.34. The highest BCUT2D eigenvalue weighted by Crippen LogP contribution is 2.30. The molecule has 0 saturated carbocycles. The number of ketones is 1. The Morgan fingerprint density at radius 3 is 2.54 bits per heavy atom. The van der Waals surface area contributed by atoms with Crippen molar-refractivity contribution in [3.63, 3.8) is 0 Å². The minimum atomic E-state index is -0.693. The lowest BCUT2D eigenvalue weighted by molar-refractivity contribution is 0.0752. The summed E-state index contributed by atoms with van der Waals surface area (Å²) in [4.78, 5) is 39.3. The molecule has 0 amide bonds. The number of nitrogens with zero attached hydrogens (tertiary/aromatic N) is 3. The molecule has 1 N–H and O–H groups in total. The van der Waals surface area contributed by atoms with Crippen LogP contribution in [0.25, 0.3) is 11.3 Å². The molecular formula is C24H22Cl2N4O3S2. The van der Waals surface area contributed by atoms with Gasteiger partial charge >= 0.3 is 0 Å².